The highest BCUT2D eigenvalue weighted by Crippen LogP contribution is 2.45. The van der Waals surface area contributed by atoms with E-state index >= 15 is 0 Å². The summed E-state index contributed by atoms with van der Waals surface area (Å²) in [5, 5.41) is 10.3. The van der Waals surface area contributed by atoms with Gasteiger partial charge in [-0.15, -0.1) is 11.3 Å². The van der Waals surface area contributed by atoms with Crippen LogP contribution in [0, 0.1) is 6.92 Å². The smallest absolute Gasteiger partial charge is 0.140 e. The Kier molecular flexibility index (Phi) is 4.42. The molecule has 0 aliphatic rings. The number of fused-ring (bicyclic) bond motifs is 1. The van der Waals surface area contributed by atoms with E-state index in [1.165, 1.54) is 11.3 Å². The van der Waals surface area contributed by atoms with Crippen molar-refractivity contribution in [3.8, 4) is 11.5 Å². The fraction of sp³-hybridized carbons (Fsp3) is 0.267. The molecule has 0 bridgehead atoms. The standard InChI is InChI=1S/C15H17NO3S/c1-9-11(5-6-16-2)14(19-4)12-7-10(8-17)20-15(12)13(9)18-3/h5-7,17H,2,8H2,1,3-4H3/b6-5-. The van der Waals surface area contributed by atoms with E-state index in [1.54, 1.807) is 20.4 Å². The fourth-order valence-electron chi connectivity index (χ4n) is 2.26. The van der Waals surface area contributed by atoms with Crippen molar-refractivity contribution in [3.63, 3.8) is 0 Å². The summed E-state index contributed by atoms with van der Waals surface area (Å²) in [5.74, 6) is 1.56. The molecule has 1 aromatic carbocycles. The quantitative estimate of drug-likeness (QED) is 0.859. The predicted octanol–water partition coefficient (Wildman–Crippen LogP) is 3.39. The van der Waals surface area contributed by atoms with Gasteiger partial charge in [-0.1, -0.05) is 0 Å². The number of aliphatic imine (C=N–C) groups is 1. The number of benzene rings is 1. The molecule has 1 N–H and O–H groups in total. The second kappa shape index (κ2) is 6.07. The van der Waals surface area contributed by atoms with Crippen LogP contribution in [0.25, 0.3) is 16.2 Å². The lowest BCUT2D eigenvalue weighted by Gasteiger charge is -2.14. The molecule has 0 spiro atoms. The number of ether oxygens (including phenoxy) is 2. The van der Waals surface area contributed by atoms with Crippen LogP contribution in [0.5, 0.6) is 11.5 Å². The third-order valence-corrected chi connectivity index (χ3v) is 4.25. The molecule has 0 atom stereocenters. The Balaban J connectivity index is 2.87. The highest BCUT2D eigenvalue weighted by Gasteiger charge is 2.19. The molecular formula is C15H17NO3S. The molecule has 2 rings (SSSR count). The molecule has 0 fully saturated rings. The van der Waals surface area contributed by atoms with Crippen molar-refractivity contribution in [2.75, 3.05) is 14.2 Å². The van der Waals surface area contributed by atoms with Crippen molar-refractivity contribution in [3.05, 3.63) is 28.3 Å². The van der Waals surface area contributed by atoms with Gasteiger partial charge in [-0.3, -0.25) is 4.99 Å². The Morgan fingerprint density at radius 3 is 2.60 bits per heavy atom. The van der Waals surface area contributed by atoms with Crippen LogP contribution in [0.15, 0.2) is 17.3 Å². The predicted molar refractivity (Wildman–Crippen MR) is 84.2 cm³/mol. The van der Waals surface area contributed by atoms with E-state index in [9.17, 15) is 5.11 Å². The Bertz CT molecular complexity index is 674. The van der Waals surface area contributed by atoms with Crippen molar-refractivity contribution >= 4 is 34.2 Å². The second-order valence-electron chi connectivity index (χ2n) is 4.22. The zero-order valence-corrected chi connectivity index (χ0v) is 12.6. The summed E-state index contributed by atoms with van der Waals surface area (Å²) in [4.78, 5) is 4.61. The maximum absolute atomic E-state index is 9.34. The van der Waals surface area contributed by atoms with Crippen LogP contribution in [-0.2, 0) is 6.61 Å². The van der Waals surface area contributed by atoms with E-state index in [2.05, 4.69) is 11.7 Å². The molecule has 1 aromatic heterocycles. The summed E-state index contributed by atoms with van der Waals surface area (Å²) < 4.78 is 12.1. The molecule has 20 heavy (non-hydrogen) atoms. The molecule has 4 nitrogen and oxygen atoms in total. The molecule has 5 heteroatoms. The van der Waals surface area contributed by atoms with E-state index in [0.717, 1.165) is 37.6 Å². The minimum absolute atomic E-state index is 0.00406. The van der Waals surface area contributed by atoms with E-state index in [4.69, 9.17) is 9.47 Å². The van der Waals surface area contributed by atoms with Gasteiger partial charge in [0, 0.05) is 27.6 Å². The van der Waals surface area contributed by atoms with Crippen LogP contribution in [0.4, 0.5) is 0 Å². The first-order valence-corrected chi connectivity index (χ1v) is 6.89. The monoisotopic (exact) mass is 291 g/mol. The number of methoxy groups -OCH3 is 2. The molecule has 0 radical (unpaired) electrons. The van der Waals surface area contributed by atoms with Crippen molar-refractivity contribution in [2.45, 2.75) is 13.5 Å². The normalized spacial score (nSPS) is 11.2. The molecule has 0 saturated heterocycles. The number of aliphatic hydroxyl groups excluding tert-OH is 1. The Labute approximate surface area is 122 Å². The van der Waals surface area contributed by atoms with E-state index in [0.29, 0.717) is 0 Å². The number of hydrogen-bond donors (Lipinski definition) is 1. The van der Waals surface area contributed by atoms with Gasteiger partial charge in [-0.25, -0.2) is 0 Å². The van der Waals surface area contributed by atoms with Gasteiger partial charge in [-0.2, -0.15) is 0 Å². The lowest BCUT2D eigenvalue weighted by molar-refractivity contribution is 0.285. The zero-order valence-electron chi connectivity index (χ0n) is 11.8. The maximum atomic E-state index is 9.34. The first-order chi connectivity index (χ1) is 9.67. The van der Waals surface area contributed by atoms with Gasteiger partial charge in [0.15, 0.2) is 0 Å². The molecular weight excluding hydrogens is 274 g/mol. The molecule has 0 saturated carbocycles. The van der Waals surface area contributed by atoms with Crippen LogP contribution < -0.4 is 9.47 Å². The van der Waals surface area contributed by atoms with Gasteiger partial charge in [0.2, 0.25) is 0 Å². The first kappa shape index (κ1) is 14.6. The van der Waals surface area contributed by atoms with Crippen molar-refractivity contribution in [1.82, 2.24) is 0 Å². The summed E-state index contributed by atoms with van der Waals surface area (Å²) in [5.41, 5.74) is 1.88. The van der Waals surface area contributed by atoms with Gasteiger partial charge in [-0.05, 0) is 25.8 Å². The van der Waals surface area contributed by atoms with E-state index in [-0.39, 0.29) is 6.61 Å². The summed E-state index contributed by atoms with van der Waals surface area (Å²) in [6.45, 7) is 5.42. The van der Waals surface area contributed by atoms with Gasteiger partial charge in [0.05, 0.1) is 25.5 Å². The highest BCUT2D eigenvalue weighted by molar-refractivity contribution is 7.19. The second-order valence-corrected chi connectivity index (χ2v) is 5.35. The third kappa shape index (κ3) is 2.30. The minimum atomic E-state index is 0.00406. The molecule has 0 amide bonds. The summed E-state index contributed by atoms with van der Waals surface area (Å²) in [6.07, 6.45) is 3.47. The average molecular weight is 291 g/mol. The number of hydrogen-bond acceptors (Lipinski definition) is 5. The van der Waals surface area contributed by atoms with Crippen LogP contribution in [0.3, 0.4) is 0 Å². The van der Waals surface area contributed by atoms with Gasteiger partial charge >= 0.3 is 0 Å². The summed E-state index contributed by atoms with van der Waals surface area (Å²) >= 11 is 1.51. The molecule has 0 aliphatic carbocycles. The first-order valence-electron chi connectivity index (χ1n) is 6.08. The summed E-state index contributed by atoms with van der Waals surface area (Å²) in [6, 6.07) is 1.93. The van der Waals surface area contributed by atoms with E-state index in [1.807, 2.05) is 19.1 Å². The van der Waals surface area contributed by atoms with Crippen LogP contribution >= 0.6 is 11.3 Å². The summed E-state index contributed by atoms with van der Waals surface area (Å²) in [7, 11) is 3.28. The molecule has 2 aromatic rings. The lowest BCUT2D eigenvalue weighted by Crippen LogP contribution is -1.95. The highest BCUT2D eigenvalue weighted by atomic mass is 32.1. The maximum Gasteiger partial charge on any atom is 0.140 e. The minimum Gasteiger partial charge on any atom is -0.495 e. The molecule has 106 valence electrons. The van der Waals surface area contributed by atoms with Crippen molar-refractivity contribution in [2.24, 2.45) is 4.99 Å². The Morgan fingerprint density at radius 2 is 2.05 bits per heavy atom. The number of rotatable bonds is 5. The van der Waals surface area contributed by atoms with E-state index < -0.39 is 0 Å². The van der Waals surface area contributed by atoms with Crippen molar-refractivity contribution < 1.29 is 14.6 Å². The Morgan fingerprint density at radius 1 is 1.35 bits per heavy atom. The Hall–Kier alpha value is -1.85. The topological polar surface area (TPSA) is 51.0 Å². The van der Waals surface area contributed by atoms with Gasteiger partial charge < -0.3 is 14.6 Å². The van der Waals surface area contributed by atoms with Gasteiger partial charge in [0.25, 0.3) is 0 Å². The average Bonchev–Trinajstić information content (AvgIpc) is 2.88. The lowest BCUT2D eigenvalue weighted by atomic mass is 10.0. The fourth-order valence-corrected chi connectivity index (χ4v) is 3.35. The number of nitrogens with zero attached hydrogens (tertiary/aromatic N) is 1. The number of aliphatic hydroxyl groups is 1. The molecule has 0 aliphatic heterocycles. The van der Waals surface area contributed by atoms with Crippen LogP contribution in [0.1, 0.15) is 16.0 Å². The number of thiophene rings is 1. The zero-order chi connectivity index (χ0) is 14.7. The molecule has 0 unspecified atom stereocenters. The van der Waals surface area contributed by atoms with Crippen LogP contribution in [0.2, 0.25) is 0 Å². The SMILES string of the molecule is C=N/C=C\c1c(C)c(OC)c2sc(CO)cc2c1OC. The molecule has 1 heterocycles. The largest absolute Gasteiger partial charge is 0.495 e. The third-order valence-electron chi connectivity index (χ3n) is 3.13. The van der Waals surface area contributed by atoms with Gasteiger partial charge in [0.1, 0.15) is 11.5 Å². The van der Waals surface area contributed by atoms with Crippen LogP contribution in [-0.4, -0.2) is 26.0 Å². The van der Waals surface area contributed by atoms with Crippen molar-refractivity contribution in [1.29, 1.82) is 0 Å².